The van der Waals surface area contributed by atoms with E-state index in [0.29, 0.717) is 40.0 Å². The van der Waals surface area contributed by atoms with E-state index in [1.54, 1.807) is 41.0 Å². The number of fused-ring (bicyclic) bond motifs is 1. The van der Waals surface area contributed by atoms with Crippen LogP contribution in [0.15, 0.2) is 64.8 Å². The van der Waals surface area contributed by atoms with Crippen molar-refractivity contribution in [3.63, 3.8) is 0 Å². The Morgan fingerprint density at radius 3 is 2.68 bits per heavy atom. The lowest BCUT2D eigenvalue weighted by Gasteiger charge is -2.34. The molecule has 0 unspecified atom stereocenters. The van der Waals surface area contributed by atoms with Gasteiger partial charge in [0.15, 0.2) is 0 Å². The molecule has 4 aromatic rings. The molecule has 3 heterocycles. The lowest BCUT2D eigenvalue weighted by molar-refractivity contribution is -0.120. The highest BCUT2D eigenvalue weighted by Crippen LogP contribution is 2.26. The van der Waals surface area contributed by atoms with Gasteiger partial charge in [-0.05, 0) is 66.2 Å². The molecule has 5 rings (SSSR count). The Hall–Kier alpha value is -3.23. The molecule has 0 aliphatic carbocycles. The number of benzene rings is 2. The third kappa shape index (κ3) is 4.69. The van der Waals surface area contributed by atoms with E-state index in [0.717, 1.165) is 18.4 Å². The molecular weight excluding hydrogens is 475 g/mol. The Kier molecular flexibility index (Phi) is 6.34. The lowest BCUT2D eigenvalue weighted by atomic mass is 9.97. The predicted octanol–water partition coefficient (Wildman–Crippen LogP) is 5.15. The molecule has 2 aromatic heterocycles. The van der Waals surface area contributed by atoms with Gasteiger partial charge in [-0.15, -0.1) is 11.3 Å². The summed E-state index contributed by atoms with van der Waals surface area (Å²) >= 11 is 7.29. The Bertz CT molecular complexity index is 1390. The van der Waals surface area contributed by atoms with Gasteiger partial charge in [0, 0.05) is 23.8 Å². The molecule has 6 nitrogen and oxygen atoms in total. The molecule has 0 radical (unpaired) electrons. The number of amides is 1. The normalized spacial score (nSPS) is 16.1. The van der Waals surface area contributed by atoms with E-state index in [-0.39, 0.29) is 29.7 Å². The van der Waals surface area contributed by atoms with E-state index in [4.69, 9.17) is 16.6 Å². The number of piperidine rings is 1. The first-order valence-electron chi connectivity index (χ1n) is 11.0. The zero-order chi connectivity index (χ0) is 23.7. The topological polar surface area (TPSA) is 67.2 Å². The maximum atomic E-state index is 13.4. The fraction of sp³-hybridized carbons (Fsp3) is 0.240. The molecule has 2 aromatic carbocycles. The van der Waals surface area contributed by atoms with Crippen molar-refractivity contribution in [1.82, 2.24) is 9.55 Å². The number of carbonyl (C=O) groups excluding carboxylic acids is 1. The van der Waals surface area contributed by atoms with Crippen LogP contribution in [0.5, 0.6) is 0 Å². The lowest BCUT2D eigenvalue weighted by Crippen LogP contribution is -2.43. The first-order valence-corrected chi connectivity index (χ1v) is 12.3. The summed E-state index contributed by atoms with van der Waals surface area (Å²) in [5.41, 5.74) is 2.01. The first kappa shape index (κ1) is 22.6. The van der Waals surface area contributed by atoms with Crippen LogP contribution in [0.25, 0.3) is 10.2 Å². The van der Waals surface area contributed by atoms with Gasteiger partial charge in [-0.1, -0.05) is 23.7 Å². The second-order valence-electron chi connectivity index (χ2n) is 8.35. The number of hydrogen-bond donors (Lipinski definition) is 1. The smallest absolute Gasteiger partial charge is 0.273 e. The van der Waals surface area contributed by atoms with Crippen LogP contribution in [0, 0.1) is 11.7 Å². The maximum absolute atomic E-state index is 13.4. The number of hydrogen-bond acceptors (Lipinski definition) is 5. The minimum atomic E-state index is -0.325. The largest absolute Gasteiger partial charge is 0.341 e. The minimum absolute atomic E-state index is 0.0731. The van der Waals surface area contributed by atoms with Crippen LogP contribution in [-0.2, 0) is 11.3 Å². The summed E-state index contributed by atoms with van der Waals surface area (Å²) in [7, 11) is 0. The predicted molar refractivity (Wildman–Crippen MR) is 134 cm³/mol. The van der Waals surface area contributed by atoms with Crippen LogP contribution in [0.4, 0.5) is 16.0 Å². The fourth-order valence-electron chi connectivity index (χ4n) is 4.24. The van der Waals surface area contributed by atoms with Gasteiger partial charge in [-0.2, -0.15) is 0 Å². The SMILES string of the molecule is O=C(Nc1ccc(Cl)cc1)[C@H]1CCCN(c2nc3ccsc3c(=O)n2Cc2ccc(F)cc2)C1. The van der Waals surface area contributed by atoms with Crippen molar-refractivity contribution < 1.29 is 9.18 Å². The molecule has 1 atom stereocenters. The summed E-state index contributed by atoms with van der Waals surface area (Å²) in [6, 6.07) is 15.0. The number of nitrogens with one attached hydrogen (secondary N) is 1. The molecule has 1 saturated heterocycles. The van der Waals surface area contributed by atoms with Crippen LogP contribution in [0.3, 0.4) is 0 Å². The standard InChI is InChI=1S/C25H22ClFN4O2S/c26-18-5-9-20(10-6-18)28-23(32)17-2-1-12-30(15-17)25-29-21-11-13-34-22(21)24(33)31(25)14-16-3-7-19(27)8-4-16/h3-11,13,17H,1-2,12,14-15H2,(H,28,32)/t17-/m0/s1. The van der Waals surface area contributed by atoms with Crippen molar-refractivity contribution in [2.75, 3.05) is 23.3 Å². The summed E-state index contributed by atoms with van der Waals surface area (Å²) in [5.74, 6) is -0.118. The van der Waals surface area contributed by atoms with Gasteiger partial charge >= 0.3 is 0 Å². The van der Waals surface area contributed by atoms with Gasteiger partial charge in [0.1, 0.15) is 10.5 Å². The monoisotopic (exact) mass is 496 g/mol. The Labute approximate surface area is 204 Å². The quantitative estimate of drug-likeness (QED) is 0.415. The summed E-state index contributed by atoms with van der Waals surface area (Å²) in [6.45, 7) is 1.41. The van der Waals surface area contributed by atoms with E-state index in [2.05, 4.69) is 5.32 Å². The maximum Gasteiger partial charge on any atom is 0.273 e. The molecule has 1 N–H and O–H groups in total. The molecule has 1 aliphatic heterocycles. The van der Waals surface area contributed by atoms with E-state index in [9.17, 15) is 14.0 Å². The van der Waals surface area contributed by atoms with E-state index >= 15 is 0 Å². The number of nitrogens with zero attached hydrogens (tertiary/aromatic N) is 3. The average molecular weight is 497 g/mol. The van der Waals surface area contributed by atoms with E-state index in [1.165, 1.54) is 23.5 Å². The molecule has 1 fully saturated rings. The molecule has 0 bridgehead atoms. The van der Waals surface area contributed by atoms with Crippen LogP contribution in [0.1, 0.15) is 18.4 Å². The average Bonchev–Trinajstić information content (AvgIpc) is 3.33. The van der Waals surface area contributed by atoms with Crippen molar-refractivity contribution in [3.8, 4) is 0 Å². The van der Waals surface area contributed by atoms with Crippen LogP contribution < -0.4 is 15.8 Å². The number of anilines is 2. The molecular formula is C25H22ClFN4O2S. The number of aromatic nitrogens is 2. The fourth-order valence-corrected chi connectivity index (χ4v) is 5.14. The second kappa shape index (κ2) is 9.56. The summed E-state index contributed by atoms with van der Waals surface area (Å²) in [5, 5.41) is 5.42. The summed E-state index contributed by atoms with van der Waals surface area (Å²) < 4.78 is 15.6. The third-order valence-corrected chi connectivity index (χ3v) is 7.13. The molecule has 0 spiro atoms. The van der Waals surface area contributed by atoms with Gasteiger partial charge in [-0.25, -0.2) is 9.37 Å². The van der Waals surface area contributed by atoms with Crippen molar-refractivity contribution >= 4 is 50.7 Å². The zero-order valence-electron chi connectivity index (χ0n) is 18.2. The second-order valence-corrected chi connectivity index (χ2v) is 9.70. The minimum Gasteiger partial charge on any atom is -0.341 e. The number of rotatable bonds is 5. The highest BCUT2D eigenvalue weighted by Gasteiger charge is 2.29. The Balaban J connectivity index is 1.44. The Morgan fingerprint density at radius 1 is 1.15 bits per heavy atom. The van der Waals surface area contributed by atoms with E-state index in [1.807, 2.05) is 16.3 Å². The molecule has 1 aliphatic rings. The van der Waals surface area contributed by atoms with Crippen LogP contribution in [-0.4, -0.2) is 28.5 Å². The number of thiophene rings is 1. The Morgan fingerprint density at radius 2 is 1.91 bits per heavy atom. The third-order valence-electron chi connectivity index (χ3n) is 5.99. The highest BCUT2D eigenvalue weighted by atomic mass is 35.5. The van der Waals surface area contributed by atoms with Crippen molar-refractivity contribution in [1.29, 1.82) is 0 Å². The first-order chi connectivity index (χ1) is 16.5. The van der Waals surface area contributed by atoms with Crippen molar-refractivity contribution in [2.24, 2.45) is 5.92 Å². The molecule has 9 heteroatoms. The van der Waals surface area contributed by atoms with E-state index < -0.39 is 0 Å². The van der Waals surface area contributed by atoms with Crippen molar-refractivity contribution in [3.05, 3.63) is 86.7 Å². The summed E-state index contributed by atoms with van der Waals surface area (Å²) in [6.07, 6.45) is 1.55. The van der Waals surface area contributed by atoms with Crippen molar-refractivity contribution in [2.45, 2.75) is 19.4 Å². The van der Waals surface area contributed by atoms with Gasteiger partial charge in [0.25, 0.3) is 5.56 Å². The molecule has 174 valence electrons. The van der Waals surface area contributed by atoms with Gasteiger partial charge in [0.2, 0.25) is 11.9 Å². The van der Waals surface area contributed by atoms with Crippen LogP contribution in [0.2, 0.25) is 5.02 Å². The highest BCUT2D eigenvalue weighted by molar-refractivity contribution is 7.17. The zero-order valence-corrected chi connectivity index (χ0v) is 19.8. The molecule has 1 amide bonds. The van der Waals surface area contributed by atoms with Gasteiger partial charge in [0.05, 0.1) is 18.0 Å². The van der Waals surface area contributed by atoms with Gasteiger partial charge in [-0.3, -0.25) is 14.2 Å². The molecule has 0 saturated carbocycles. The number of halogens is 2. The van der Waals surface area contributed by atoms with Gasteiger partial charge < -0.3 is 10.2 Å². The summed E-state index contributed by atoms with van der Waals surface area (Å²) in [4.78, 5) is 33.1. The number of carbonyl (C=O) groups is 1. The van der Waals surface area contributed by atoms with Crippen LogP contribution >= 0.6 is 22.9 Å². The molecule has 34 heavy (non-hydrogen) atoms.